The molecule has 0 spiro atoms. The van der Waals surface area contributed by atoms with Crippen molar-refractivity contribution in [2.45, 2.75) is 38.8 Å². The molecule has 1 amide bonds. The summed E-state index contributed by atoms with van der Waals surface area (Å²) in [6.45, 7) is 6.97. The molecule has 0 radical (unpaired) electrons. The summed E-state index contributed by atoms with van der Waals surface area (Å²) in [6, 6.07) is -0.412. The average molecular weight is 248 g/mol. The van der Waals surface area contributed by atoms with Gasteiger partial charge in [0.15, 0.2) is 0 Å². The van der Waals surface area contributed by atoms with Crippen molar-refractivity contribution in [3.05, 3.63) is 0 Å². The molecule has 4 nitrogen and oxygen atoms in total. The quantitative estimate of drug-likeness (QED) is 0.672. The fraction of sp³-hybridized carbons (Fsp3) is 0.909. The van der Waals surface area contributed by atoms with Crippen molar-refractivity contribution in [2.24, 2.45) is 5.73 Å². The maximum Gasteiger partial charge on any atom is 0.237 e. The van der Waals surface area contributed by atoms with Crippen molar-refractivity contribution in [2.75, 3.05) is 25.2 Å². The molecule has 0 aromatic carbocycles. The van der Waals surface area contributed by atoms with E-state index in [1.165, 1.54) is 0 Å². The van der Waals surface area contributed by atoms with Gasteiger partial charge in [0.25, 0.3) is 0 Å². The number of nitrogens with two attached hydrogens (primary N) is 1. The van der Waals surface area contributed by atoms with Crippen LogP contribution in [0.3, 0.4) is 0 Å². The highest BCUT2D eigenvalue weighted by Gasteiger charge is 2.20. The number of carbonyl (C=O) groups is 1. The van der Waals surface area contributed by atoms with E-state index in [1.54, 1.807) is 11.8 Å². The Bertz CT molecular complexity index is 210. The van der Waals surface area contributed by atoms with E-state index in [-0.39, 0.29) is 11.5 Å². The van der Waals surface area contributed by atoms with Gasteiger partial charge in [-0.2, -0.15) is 11.8 Å². The Labute approximate surface area is 103 Å². The highest BCUT2D eigenvalue weighted by atomic mass is 32.2. The molecule has 0 bridgehead atoms. The second-order valence-electron chi connectivity index (χ2n) is 4.30. The van der Waals surface area contributed by atoms with Gasteiger partial charge in [0, 0.05) is 13.2 Å². The van der Waals surface area contributed by atoms with Crippen molar-refractivity contribution in [1.82, 2.24) is 5.32 Å². The zero-order chi connectivity index (χ0) is 12.6. The lowest BCUT2D eigenvalue weighted by atomic mass is 10.1. The molecule has 1 atom stereocenters. The van der Waals surface area contributed by atoms with Gasteiger partial charge in [-0.25, -0.2) is 0 Å². The number of thioether (sulfide) groups is 1. The topological polar surface area (TPSA) is 64.3 Å². The Kier molecular flexibility index (Phi) is 7.80. The molecule has 0 saturated heterocycles. The van der Waals surface area contributed by atoms with E-state index in [2.05, 4.69) is 5.32 Å². The van der Waals surface area contributed by atoms with Gasteiger partial charge in [-0.05, 0) is 39.2 Å². The maximum absolute atomic E-state index is 11.6. The smallest absolute Gasteiger partial charge is 0.237 e. The van der Waals surface area contributed by atoms with Gasteiger partial charge in [0.2, 0.25) is 5.91 Å². The largest absolute Gasteiger partial charge is 0.374 e. The lowest BCUT2D eigenvalue weighted by molar-refractivity contribution is -0.124. The van der Waals surface area contributed by atoms with Crippen LogP contribution in [0.15, 0.2) is 0 Å². The zero-order valence-corrected chi connectivity index (χ0v) is 11.5. The molecule has 0 aromatic heterocycles. The van der Waals surface area contributed by atoms with Gasteiger partial charge in [-0.15, -0.1) is 0 Å². The molecule has 0 aliphatic carbocycles. The van der Waals surface area contributed by atoms with Crippen molar-refractivity contribution in [3.8, 4) is 0 Å². The van der Waals surface area contributed by atoms with E-state index in [4.69, 9.17) is 10.5 Å². The van der Waals surface area contributed by atoms with Crippen LogP contribution >= 0.6 is 11.8 Å². The Morgan fingerprint density at radius 3 is 2.69 bits per heavy atom. The van der Waals surface area contributed by atoms with E-state index < -0.39 is 6.04 Å². The minimum Gasteiger partial charge on any atom is -0.374 e. The molecule has 0 saturated carbocycles. The number of rotatable bonds is 8. The van der Waals surface area contributed by atoms with E-state index in [9.17, 15) is 4.79 Å². The normalized spacial score (nSPS) is 13.6. The molecule has 5 heteroatoms. The third-order valence-corrected chi connectivity index (χ3v) is 2.84. The second kappa shape index (κ2) is 7.92. The van der Waals surface area contributed by atoms with Crippen LogP contribution in [0.4, 0.5) is 0 Å². The van der Waals surface area contributed by atoms with Crippen molar-refractivity contribution < 1.29 is 9.53 Å². The summed E-state index contributed by atoms with van der Waals surface area (Å²) in [4.78, 5) is 11.6. The molecule has 0 aliphatic heterocycles. The fourth-order valence-corrected chi connectivity index (χ4v) is 1.74. The van der Waals surface area contributed by atoms with Gasteiger partial charge in [-0.3, -0.25) is 4.79 Å². The van der Waals surface area contributed by atoms with E-state index in [0.717, 1.165) is 5.75 Å². The zero-order valence-electron chi connectivity index (χ0n) is 10.7. The molecular weight excluding hydrogens is 224 g/mol. The first-order valence-corrected chi connectivity index (χ1v) is 6.98. The molecule has 0 aromatic rings. The predicted octanol–water partition coefficient (Wildman–Crippen LogP) is 0.998. The summed E-state index contributed by atoms with van der Waals surface area (Å²) in [5, 5.41) is 2.82. The van der Waals surface area contributed by atoms with Gasteiger partial charge in [-0.1, -0.05) is 0 Å². The van der Waals surface area contributed by atoms with E-state index >= 15 is 0 Å². The summed E-state index contributed by atoms with van der Waals surface area (Å²) in [5.74, 6) is 0.811. The minimum absolute atomic E-state index is 0.0955. The van der Waals surface area contributed by atoms with Gasteiger partial charge in [0.1, 0.15) is 0 Å². The Morgan fingerprint density at radius 1 is 1.56 bits per heavy atom. The monoisotopic (exact) mass is 248 g/mol. The fourth-order valence-electron chi connectivity index (χ4n) is 1.25. The molecule has 0 fully saturated rings. The molecule has 0 rings (SSSR count). The number of nitrogens with one attached hydrogen (secondary N) is 1. The number of amides is 1. The van der Waals surface area contributed by atoms with Crippen LogP contribution in [0.25, 0.3) is 0 Å². The maximum atomic E-state index is 11.6. The number of hydrogen-bond donors (Lipinski definition) is 2. The lowest BCUT2D eigenvalue weighted by Gasteiger charge is -2.25. The van der Waals surface area contributed by atoms with Crippen LogP contribution in [0.2, 0.25) is 0 Å². The third kappa shape index (κ3) is 7.09. The van der Waals surface area contributed by atoms with Crippen LogP contribution < -0.4 is 11.1 Å². The number of carbonyl (C=O) groups excluding carboxylic acids is 1. The van der Waals surface area contributed by atoms with Crippen LogP contribution in [-0.4, -0.2) is 42.7 Å². The highest BCUT2D eigenvalue weighted by Crippen LogP contribution is 2.07. The highest BCUT2D eigenvalue weighted by molar-refractivity contribution is 7.98. The molecule has 96 valence electrons. The summed E-state index contributed by atoms with van der Waals surface area (Å²) in [7, 11) is 0. The molecule has 0 heterocycles. The summed E-state index contributed by atoms with van der Waals surface area (Å²) < 4.78 is 5.48. The Hall–Kier alpha value is -0.260. The van der Waals surface area contributed by atoms with Crippen molar-refractivity contribution in [3.63, 3.8) is 0 Å². The number of ether oxygens (including phenoxy) is 1. The van der Waals surface area contributed by atoms with E-state index in [0.29, 0.717) is 19.6 Å². The molecular formula is C11H24N2O2S. The summed E-state index contributed by atoms with van der Waals surface area (Å²) >= 11 is 1.69. The minimum atomic E-state index is -0.412. The van der Waals surface area contributed by atoms with Crippen LogP contribution in [0.5, 0.6) is 0 Å². The first kappa shape index (κ1) is 15.7. The summed E-state index contributed by atoms with van der Waals surface area (Å²) in [5.41, 5.74) is 5.41. The van der Waals surface area contributed by atoms with Crippen LogP contribution in [0.1, 0.15) is 27.2 Å². The van der Waals surface area contributed by atoms with E-state index in [1.807, 2.05) is 27.0 Å². The second-order valence-corrected chi connectivity index (χ2v) is 5.28. The Morgan fingerprint density at radius 2 is 2.19 bits per heavy atom. The molecule has 3 N–H and O–H groups in total. The Balaban J connectivity index is 3.87. The predicted molar refractivity (Wildman–Crippen MR) is 69.7 cm³/mol. The van der Waals surface area contributed by atoms with Crippen molar-refractivity contribution >= 4 is 17.7 Å². The first-order valence-electron chi connectivity index (χ1n) is 5.59. The first-order chi connectivity index (χ1) is 7.43. The standard InChI is InChI=1S/C11H24N2O2S/c1-5-15-11(2,3)8-13-10(14)9(12)6-7-16-4/h9H,5-8,12H2,1-4H3,(H,13,14)/t9-/m1/s1. The van der Waals surface area contributed by atoms with Gasteiger partial charge >= 0.3 is 0 Å². The van der Waals surface area contributed by atoms with Crippen LogP contribution in [0, 0.1) is 0 Å². The molecule has 0 aliphatic rings. The SMILES string of the molecule is CCOC(C)(C)CNC(=O)[C@H](N)CCSC. The van der Waals surface area contributed by atoms with Crippen LogP contribution in [-0.2, 0) is 9.53 Å². The molecule has 0 unspecified atom stereocenters. The number of hydrogen-bond acceptors (Lipinski definition) is 4. The average Bonchev–Trinajstić information content (AvgIpc) is 2.22. The lowest BCUT2D eigenvalue weighted by Crippen LogP contribution is -2.47. The summed E-state index contributed by atoms with van der Waals surface area (Å²) in [6.07, 6.45) is 2.71. The van der Waals surface area contributed by atoms with Gasteiger partial charge < -0.3 is 15.8 Å². The van der Waals surface area contributed by atoms with Gasteiger partial charge in [0.05, 0.1) is 11.6 Å². The molecule has 16 heavy (non-hydrogen) atoms. The van der Waals surface area contributed by atoms with Crippen molar-refractivity contribution in [1.29, 1.82) is 0 Å². The third-order valence-electron chi connectivity index (χ3n) is 2.19.